The van der Waals surface area contributed by atoms with Gasteiger partial charge in [-0.2, -0.15) is 0 Å². The number of carbonyl (C=O) groups is 1. The van der Waals surface area contributed by atoms with E-state index in [9.17, 15) is 4.79 Å². The molecule has 94 valence electrons. The molecule has 0 atom stereocenters. The predicted octanol–water partition coefficient (Wildman–Crippen LogP) is 4.26. The molecule has 1 heterocycles. The van der Waals surface area contributed by atoms with E-state index in [1.807, 2.05) is 44.2 Å². The molecular weight excluding hydrogens is 266 g/mol. The molecule has 2 aromatic rings. The molecule has 1 aromatic carbocycles. The van der Waals surface area contributed by atoms with Crippen LogP contribution in [-0.4, -0.2) is 16.5 Å². The average molecular weight is 280 g/mol. The highest BCUT2D eigenvalue weighted by atomic mass is 35.5. The zero-order valence-electron chi connectivity index (χ0n) is 10.3. The Hall–Kier alpha value is -1.19. The Kier molecular flexibility index (Phi) is 4.15. The molecule has 0 unspecified atom stereocenters. The van der Waals surface area contributed by atoms with E-state index in [1.54, 1.807) is 0 Å². The Morgan fingerprint density at radius 3 is 2.67 bits per heavy atom. The Balaban J connectivity index is 2.05. The number of aromatic nitrogens is 1. The van der Waals surface area contributed by atoms with Crippen molar-refractivity contribution in [2.75, 3.05) is 5.75 Å². The molecule has 0 aliphatic rings. The maximum atomic E-state index is 12.1. The summed E-state index contributed by atoms with van der Waals surface area (Å²) in [6, 6.07) is 9.46. The fourth-order valence-corrected chi connectivity index (χ4v) is 2.92. The van der Waals surface area contributed by atoms with E-state index in [4.69, 9.17) is 11.6 Å². The van der Waals surface area contributed by atoms with Gasteiger partial charge in [0.2, 0.25) is 0 Å². The molecule has 0 radical (unpaired) electrons. The van der Waals surface area contributed by atoms with Crippen LogP contribution in [-0.2, 0) is 0 Å². The smallest absolute Gasteiger partial charge is 0.174 e. The molecule has 2 rings (SSSR count). The van der Waals surface area contributed by atoms with Crippen LogP contribution >= 0.6 is 23.4 Å². The van der Waals surface area contributed by atoms with Crippen molar-refractivity contribution in [1.82, 2.24) is 4.98 Å². The lowest BCUT2D eigenvalue weighted by Crippen LogP contribution is -2.02. The van der Waals surface area contributed by atoms with Crippen LogP contribution in [0.1, 0.15) is 21.7 Å². The largest absolute Gasteiger partial charge is 0.362 e. The third kappa shape index (κ3) is 2.98. The minimum atomic E-state index is 0.127. The number of aromatic amines is 1. The second-order valence-electron chi connectivity index (χ2n) is 4.13. The maximum Gasteiger partial charge on any atom is 0.174 e. The first kappa shape index (κ1) is 13.2. The van der Waals surface area contributed by atoms with Crippen LogP contribution < -0.4 is 0 Å². The van der Waals surface area contributed by atoms with Crippen LogP contribution in [0.4, 0.5) is 0 Å². The number of halogens is 1. The van der Waals surface area contributed by atoms with Crippen LogP contribution in [0.25, 0.3) is 0 Å². The quantitative estimate of drug-likeness (QED) is 0.670. The maximum absolute atomic E-state index is 12.1. The molecule has 0 fully saturated rings. The van der Waals surface area contributed by atoms with E-state index >= 15 is 0 Å². The normalized spacial score (nSPS) is 10.6. The number of ketones is 1. The molecule has 1 N–H and O–H groups in total. The van der Waals surface area contributed by atoms with Crippen LogP contribution in [0.15, 0.2) is 35.2 Å². The number of hydrogen-bond acceptors (Lipinski definition) is 2. The molecule has 0 bridgehead atoms. The van der Waals surface area contributed by atoms with Gasteiger partial charge >= 0.3 is 0 Å². The molecule has 0 spiro atoms. The standard InChI is InChI=1S/C14H14ClNOS/c1-9-7-11(10(2)16-9)13(17)8-18-14-6-4-3-5-12(14)15/h3-7,16H,8H2,1-2H3. The average Bonchev–Trinajstić information content (AvgIpc) is 2.67. The number of hydrogen-bond donors (Lipinski definition) is 1. The van der Waals surface area contributed by atoms with Gasteiger partial charge in [0, 0.05) is 21.8 Å². The Bertz CT molecular complexity index is 577. The fraction of sp³-hybridized carbons (Fsp3) is 0.214. The zero-order valence-corrected chi connectivity index (χ0v) is 11.9. The molecule has 0 aliphatic carbocycles. The third-order valence-corrected chi connectivity index (χ3v) is 4.16. The molecule has 2 nitrogen and oxygen atoms in total. The van der Waals surface area contributed by atoms with Gasteiger partial charge in [-0.3, -0.25) is 4.79 Å². The minimum Gasteiger partial charge on any atom is -0.362 e. The first-order valence-corrected chi connectivity index (χ1v) is 7.01. The molecule has 18 heavy (non-hydrogen) atoms. The van der Waals surface area contributed by atoms with Gasteiger partial charge in [0.05, 0.1) is 10.8 Å². The van der Waals surface area contributed by atoms with Gasteiger partial charge in [-0.25, -0.2) is 0 Å². The lowest BCUT2D eigenvalue weighted by molar-refractivity contribution is 0.102. The van der Waals surface area contributed by atoms with Crippen molar-refractivity contribution >= 4 is 29.1 Å². The zero-order chi connectivity index (χ0) is 13.1. The summed E-state index contributed by atoms with van der Waals surface area (Å²) in [6.07, 6.45) is 0. The predicted molar refractivity (Wildman–Crippen MR) is 76.8 cm³/mol. The SMILES string of the molecule is Cc1cc(C(=O)CSc2ccccc2Cl)c(C)[nH]1. The van der Waals surface area contributed by atoms with Crippen molar-refractivity contribution in [2.45, 2.75) is 18.7 Å². The Morgan fingerprint density at radius 2 is 2.06 bits per heavy atom. The number of thioether (sulfide) groups is 1. The van der Waals surface area contributed by atoms with Crippen LogP contribution in [0, 0.1) is 13.8 Å². The van der Waals surface area contributed by atoms with Gasteiger partial charge in [0.15, 0.2) is 5.78 Å². The topological polar surface area (TPSA) is 32.9 Å². The van der Waals surface area contributed by atoms with Gasteiger partial charge in [0.25, 0.3) is 0 Å². The summed E-state index contributed by atoms with van der Waals surface area (Å²) in [6.45, 7) is 3.87. The van der Waals surface area contributed by atoms with Crippen molar-refractivity contribution in [3.63, 3.8) is 0 Å². The molecule has 1 aromatic heterocycles. The van der Waals surface area contributed by atoms with E-state index in [0.29, 0.717) is 10.8 Å². The van der Waals surface area contributed by atoms with Crippen LogP contribution in [0.2, 0.25) is 5.02 Å². The van der Waals surface area contributed by atoms with Crippen LogP contribution in [0.3, 0.4) is 0 Å². The van der Waals surface area contributed by atoms with Gasteiger partial charge < -0.3 is 4.98 Å². The third-order valence-electron chi connectivity index (χ3n) is 2.65. The number of benzene rings is 1. The minimum absolute atomic E-state index is 0.127. The first-order chi connectivity index (χ1) is 8.58. The van der Waals surface area contributed by atoms with Crippen LogP contribution in [0.5, 0.6) is 0 Å². The summed E-state index contributed by atoms with van der Waals surface area (Å²) in [4.78, 5) is 16.2. The summed E-state index contributed by atoms with van der Waals surface area (Å²) in [7, 11) is 0. The fourth-order valence-electron chi connectivity index (χ4n) is 1.80. The number of Topliss-reactive ketones (excluding diaryl/α,β-unsaturated/α-hetero) is 1. The molecular formula is C14H14ClNOS. The highest BCUT2D eigenvalue weighted by molar-refractivity contribution is 8.00. The van der Waals surface area contributed by atoms with Crippen molar-refractivity contribution < 1.29 is 4.79 Å². The molecule has 0 saturated heterocycles. The lowest BCUT2D eigenvalue weighted by atomic mass is 10.2. The summed E-state index contributed by atoms with van der Waals surface area (Å²) >= 11 is 7.52. The van der Waals surface area contributed by atoms with E-state index in [-0.39, 0.29) is 5.78 Å². The molecule has 0 amide bonds. The highest BCUT2D eigenvalue weighted by Gasteiger charge is 2.12. The molecule has 4 heteroatoms. The number of carbonyl (C=O) groups excluding carboxylic acids is 1. The first-order valence-electron chi connectivity index (χ1n) is 5.64. The van der Waals surface area contributed by atoms with Gasteiger partial charge in [-0.15, -0.1) is 11.8 Å². The van der Waals surface area contributed by atoms with Gasteiger partial charge in [0.1, 0.15) is 0 Å². The summed E-state index contributed by atoms with van der Waals surface area (Å²) in [5.74, 6) is 0.531. The van der Waals surface area contributed by atoms with Crippen molar-refractivity contribution in [3.8, 4) is 0 Å². The Labute approximate surface area is 116 Å². The molecule has 0 aliphatic heterocycles. The van der Waals surface area contributed by atoms with Gasteiger partial charge in [-0.1, -0.05) is 23.7 Å². The van der Waals surface area contributed by atoms with Gasteiger partial charge in [-0.05, 0) is 32.0 Å². The Morgan fingerprint density at radius 1 is 1.33 bits per heavy atom. The monoisotopic (exact) mass is 279 g/mol. The van der Waals surface area contributed by atoms with E-state index in [0.717, 1.165) is 21.8 Å². The lowest BCUT2D eigenvalue weighted by Gasteiger charge is -2.03. The van der Waals surface area contributed by atoms with Crippen molar-refractivity contribution in [3.05, 3.63) is 52.3 Å². The molecule has 0 saturated carbocycles. The second-order valence-corrected chi connectivity index (χ2v) is 5.56. The van der Waals surface area contributed by atoms with E-state index in [1.165, 1.54) is 11.8 Å². The van der Waals surface area contributed by atoms with Crippen molar-refractivity contribution in [2.24, 2.45) is 0 Å². The number of nitrogens with one attached hydrogen (secondary N) is 1. The second kappa shape index (κ2) is 5.63. The number of H-pyrrole nitrogens is 1. The number of aryl methyl sites for hydroxylation is 2. The summed E-state index contributed by atoms with van der Waals surface area (Å²) < 4.78 is 0. The van der Waals surface area contributed by atoms with E-state index in [2.05, 4.69) is 4.98 Å². The summed E-state index contributed by atoms with van der Waals surface area (Å²) in [5.41, 5.74) is 2.71. The summed E-state index contributed by atoms with van der Waals surface area (Å²) in [5, 5.41) is 0.692. The number of rotatable bonds is 4. The highest BCUT2D eigenvalue weighted by Crippen LogP contribution is 2.27. The van der Waals surface area contributed by atoms with E-state index < -0.39 is 0 Å². The van der Waals surface area contributed by atoms with Crippen molar-refractivity contribution in [1.29, 1.82) is 0 Å².